The zero-order chi connectivity index (χ0) is 16.6. The number of amides is 1. The number of unbranched alkanes of at least 4 members (excludes halogenated alkanes) is 2. The summed E-state index contributed by atoms with van der Waals surface area (Å²) in [6, 6.07) is -0.136. The average Bonchev–Trinajstić information content (AvgIpc) is 2.45. The number of sulfone groups is 1. The van der Waals surface area contributed by atoms with Crippen LogP contribution in [0.25, 0.3) is 0 Å². The Morgan fingerprint density at radius 1 is 1.23 bits per heavy atom. The quantitative estimate of drug-likeness (QED) is 0.650. The topological polar surface area (TPSA) is 91.8 Å². The number of aliphatic carboxylic acids is 1. The first-order chi connectivity index (χ1) is 10.4. The van der Waals surface area contributed by atoms with E-state index in [-0.39, 0.29) is 24.1 Å². The monoisotopic (exact) mass is 333 g/mol. The zero-order valence-corrected chi connectivity index (χ0v) is 14.1. The summed E-state index contributed by atoms with van der Waals surface area (Å²) in [7, 11) is -3.36. The second-order valence-corrected chi connectivity index (χ2v) is 8.15. The van der Waals surface area contributed by atoms with Gasteiger partial charge in [0, 0.05) is 19.0 Å². The highest BCUT2D eigenvalue weighted by molar-refractivity contribution is 7.92. The summed E-state index contributed by atoms with van der Waals surface area (Å²) >= 11 is 0. The van der Waals surface area contributed by atoms with Gasteiger partial charge in [-0.1, -0.05) is 19.8 Å². The predicted octanol–water partition coefficient (Wildman–Crippen LogP) is 1.84. The molecule has 128 valence electrons. The summed E-state index contributed by atoms with van der Waals surface area (Å²) in [5.74, 6) is -1.64. The van der Waals surface area contributed by atoms with Gasteiger partial charge in [0.05, 0.1) is 5.75 Å². The van der Waals surface area contributed by atoms with Crippen molar-refractivity contribution in [3.05, 3.63) is 0 Å². The van der Waals surface area contributed by atoms with E-state index >= 15 is 0 Å². The van der Waals surface area contributed by atoms with E-state index in [1.807, 2.05) is 6.92 Å². The Morgan fingerprint density at radius 3 is 2.59 bits per heavy atom. The van der Waals surface area contributed by atoms with Crippen LogP contribution in [0.1, 0.15) is 58.3 Å². The van der Waals surface area contributed by atoms with Crippen LogP contribution in [-0.2, 0) is 19.4 Å². The number of carboxylic acids is 1. The summed E-state index contributed by atoms with van der Waals surface area (Å²) in [4.78, 5) is 24.6. The second-order valence-electron chi connectivity index (χ2n) is 5.97. The molecule has 0 aliphatic carbocycles. The molecule has 1 aliphatic heterocycles. The number of carboxylic acid groups (broad SMARTS) is 1. The second kappa shape index (κ2) is 9.12. The fourth-order valence-electron chi connectivity index (χ4n) is 2.83. The number of rotatable bonds is 9. The van der Waals surface area contributed by atoms with E-state index in [9.17, 15) is 18.0 Å². The van der Waals surface area contributed by atoms with Gasteiger partial charge in [-0.15, -0.1) is 0 Å². The molecule has 1 amide bonds. The minimum Gasteiger partial charge on any atom is -0.481 e. The normalized spacial score (nSPS) is 19.1. The van der Waals surface area contributed by atoms with Crippen LogP contribution >= 0.6 is 0 Å². The summed E-state index contributed by atoms with van der Waals surface area (Å²) in [6.07, 6.45) is 5.35. The Labute approximate surface area is 132 Å². The third kappa shape index (κ3) is 6.77. The van der Waals surface area contributed by atoms with Crippen molar-refractivity contribution in [2.45, 2.75) is 64.3 Å². The van der Waals surface area contributed by atoms with E-state index in [1.165, 1.54) is 0 Å². The highest BCUT2D eigenvalue weighted by Crippen LogP contribution is 2.21. The van der Waals surface area contributed by atoms with Gasteiger partial charge in [-0.3, -0.25) is 9.59 Å². The van der Waals surface area contributed by atoms with Gasteiger partial charge in [0.15, 0.2) is 9.84 Å². The zero-order valence-electron chi connectivity index (χ0n) is 13.3. The Balaban J connectivity index is 2.58. The van der Waals surface area contributed by atoms with Gasteiger partial charge in [0.2, 0.25) is 5.91 Å². The molecule has 0 spiro atoms. The number of piperidine rings is 1. The lowest BCUT2D eigenvalue weighted by molar-refractivity contribution is -0.139. The fraction of sp³-hybridized carbons (Fsp3) is 0.867. The average molecular weight is 333 g/mol. The molecular weight excluding hydrogens is 306 g/mol. The van der Waals surface area contributed by atoms with Crippen molar-refractivity contribution in [2.24, 2.45) is 0 Å². The smallest absolute Gasteiger partial charge is 0.303 e. The summed E-state index contributed by atoms with van der Waals surface area (Å²) in [6.45, 7) is 2.53. The molecule has 1 rings (SSSR count). The Hall–Kier alpha value is -1.11. The molecule has 0 saturated carbocycles. The van der Waals surface area contributed by atoms with Crippen molar-refractivity contribution >= 4 is 21.7 Å². The van der Waals surface area contributed by atoms with E-state index < -0.39 is 21.6 Å². The molecule has 0 aromatic heterocycles. The fourth-order valence-corrected chi connectivity index (χ4v) is 4.16. The van der Waals surface area contributed by atoms with Crippen molar-refractivity contribution in [3.63, 3.8) is 0 Å². The maximum Gasteiger partial charge on any atom is 0.303 e. The van der Waals surface area contributed by atoms with Gasteiger partial charge in [-0.2, -0.15) is 0 Å². The van der Waals surface area contributed by atoms with Crippen LogP contribution in [0.5, 0.6) is 0 Å². The molecule has 1 unspecified atom stereocenters. The van der Waals surface area contributed by atoms with E-state index in [1.54, 1.807) is 4.90 Å². The molecule has 1 atom stereocenters. The molecule has 6 nitrogen and oxygen atoms in total. The lowest BCUT2D eigenvalue weighted by Gasteiger charge is -2.35. The van der Waals surface area contributed by atoms with Crippen molar-refractivity contribution < 1.29 is 23.1 Å². The van der Waals surface area contributed by atoms with Crippen LogP contribution in [0.15, 0.2) is 0 Å². The number of carbonyl (C=O) groups is 2. The number of hydrogen-bond acceptors (Lipinski definition) is 4. The first kappa shape index (κ1) is 18.9. The van der Waals surface area contributed by atoms with Crippen LogP contribution in [0.4, 0.5) is 0 Å². The van der Waals surface area contributed by atoms with Gasteiger partial charge < -0.3 is 10.0 Å². The molecule has 1 fully saturated rings. The van der Waals surface area contributed by atoms with Crippen molar-refractivity contribution in [2.75, 3.05) is 18.1 Å². The molecular formula is C15H27NO5S. The standard InChI is InChI=1S/C15H27NO5S/c1-2-3-6-11-22(20,21)12-14(17)16-10-5-4-7-13(16)8-9-15(18)19/h13H,2-12H2,1H3,(H,18,19). The lowest BCUT2D eigenvalue weighted by atomic mass is 9.98. The van der Waals surface area contributed by atoms with Crippen molar-refractivity contribution in [3.8, 4) is 0 Å². The first-order valence-electron chi connectivity index (χ1n) is 8.07. The number of likely N-dealkylation sites (tertiary alicyclic amines) is 1. The number of hydrogen-bond donors (Lipinski definition) is 1. The SMILES string of the molecule is CCCCCS(=O)(=O)CC(=O)N1CCCCC1CCC(=O)O. The molecule has 0 bridgehead atoms. The maximum atomic E-state index is 12.3. The summed E-state index contributed by atoms with van der Waals surface area (Å²) in [5, 5.41) is 8.78. The largest absolute Gasteiger partial charge is 0.481 e. The minimum atomic E-state index is -3.36. The highest BCUT2D eigenvalue weighted by Gasteiger charge is 2.29. The molecule has 1 N–H and O–H groups in total. The molecule has 22 heavy (non-hydrogen) atoms. The van der Waals surface area contributed by atoms with Crippen LogP contribution in [0.3, 0.4) is 0 Å². The molecule has 1 aliphatic rings. The summed E-state index contributed by atoms with van der Waals surface area (Å²) < 4.78 is 24.0. The molecule has 0 aromatic rings. The van der Waals surface area contributed by atoms with E-state index in [0.717, 1.165) is 32.1 Å². The van der Waals surface area contributed by atoms with Crippen molar-refractivity contribution in [1.82, 2.24) is 4.90 Å². The van der Waals surface area contributed by atoms with Gasteiger partial charge in [0.25, 0.3) is 0 Å². The first-order valence-corrected chi connectivity index (χ1v) is 9.89. The number of nitrogens with zero attached hydrogens (tertiary/aromatic N) is 1. The lowest BCUT2D eigenvalue weighted by Crippen LogP contribution is -2.46. The van der Waals surface area contributed by atoms with Gasteiger partial charge >= 0.3 is 5.97 Å². The third-order valence-corrected chi connectivity index (χ3v) is 5.64. The van der Waals surface area contributed by atoms with E-state index in [2.05, 4.69) is 0 Å². The Morgan fingerprint density at radius 2 is 1.95 bits per heavy atom. The molecule has 0 radical (unpaired) electrons. The van der Waals surface area contributed by atoms with Crippen LogP contribution in [0, 0.1) is 0 Å². The van der Waals surface area contributed by atoms with Crippen LogP contribution in [-0.4, -0.2) is 54.4 Å². The molecule has 1 heterocycles. The molecule has 0 aromatic carbocycles. The van der Waals surface area contributed by atoms with E-state index in [0.29, 0.717) is 19.4 Å². The van der Waals surface area contributed by atoms with Gasteiger partial charge in [0.1, 0.15) is 5.75 Å². The van der Waals surface area contributed by atoms with Gasteiger partial charge in [-0.25, -0.2) is 8.42 Å². The Kier molecular flexibility index (Phi) is 7.85. The van der Waals surface area contributed by atoms with E-state index in [4.69, 9.17) is 5.11 Å². The Bertz CT molecular complexity index is 474. The summed E-state index contributed by atoms with van der Waals surface area (Å²) in [5.41, 5.74) is 0. The van der Waals surface area contributed by atoms with Crippen LogP contribution < -0.4 is 0 Å². The third-order valence-electron chi connectivity index (χ3n) is 4.04. The highest BCUT2D eigenvalue weighted by atomic mass is 32.2. The minimum absolute atomic E-state index is 0.0116. The van der Waals surface area contributed by atoms with Crippen molar-refractivity contribution in [1.29, 1.82) is 0 Å². The molecule has 1 saturated heterocycles. The number of carbonyl (C=O) groups excluding carboxylic acids is 1. The maximum absolute atomic E-state index is 12.3. The van der Waals surface area contributed by atoms with Gasteiger partial charge in [-0.05, 0) is 32.1 Å². The van der Waals surface area contributed by atoms with Crippen LogP contribution in [0.2, 0.25) is 0 Å². The predicted molar refractivity (Wildman–Crippen MR) is 84.4 cm³/mol. The molecule has 7 heteroatoms.